The first-order valence-electron chi connectivity index (χ1n) is 6.11. The number of rotatable bonds is 4. The maximum Gasteiger partial charge on any atom is 0.313 e. The molecule has 1 aliphatic rings. The molecule has 0 N–H and O–H groups in total. The van der Waals surface area contributed by atoms with E-state index in [4.69, 9.17) is 9.47 Å². The smallest absolute Gasteiger partial charge is 0.313 e. The molecule has 1 rings (SSSR count). The molecule has 0 saturated carbocycles. The minimum atomic E-state index is -0.712. The van der Waals surface area contributed by atoms with E-state index in [0.29, 0.717) is 13.2 Å². The predicted molar refractivity (Wildman–Crippen MR) is 66.3 cm³/mol. The first-order chi connectivity index (χ1) is 7.85. The molecule has 1 heterocycles. The van der Waals surface area contributed by atoms with E-state index < -0.39 is 11.0 Å². The van der Waals surface area contributed by atoms with Gasteiger partial charge >= 0.3 is 5.97 Å². The summed E-state index contributed by atoms with van der Waals surface area (Å²) >= 11 is 0. The van der Waals surface area contributed by atoms with Gasteiger partial charge in [-0.15, -0.1) is 5.92 Å². The highest BCUT2D eigenvalue weighted by atomic mass is 16.6. The number of carbonyl (C=O) groups excluding carboxylic acids is 1. The third kappa shape index (κ3) is 3.01. The van der Waals surface area contributed by atoms with Crippen molar-refractivity contribution in [2.75, 3.05) is 13.2 Å². The quantitative estimate of drug-likeness (QED) is 0.557. The fourth-order valence-corrected chi connectivity index (χ4v) is 1.49. The summed E-state index contributed by atoms with van der Waals surface area (Å²) in [6.45, 7) is 10.6. The molecule has 0 spiro atoms. The Morgan fingerprint density at radius 3 is 2.35 bits per heavy atom. The van der Waals surface area contributed by atoms with E-state index in [0.717, 1.165) is 6.42 Å². The van der Waals surface area contributed by atoms with E-state index in [9.17, 15) is 4.79 Å². The van der Waals surface area contributed by atoms with Gasteiger partial charge in [0, 0.05) is 0 Å². The summed E-state index contributed by atoms with van der Waals surface area (Å²) in [7, 11) is 0. The van der Waals surface area contributed by atoms with Crippen molar-refractivity contribution < 1.29 is 14.3 Å². The Labute approximate surface area is 104 Å². The lowest BCUT2D eigenvalue weighted by molar-refractivity contribution is -0.183. The van der Waals surface area contributed by atoms with Gasteiger partial charge in [0.2, 0.25) is 0 Å². The Hall–Kier alpha value is -1.01. The van der Waals surface area contributed by atoms with Crippen molar-refractivity contribution in [2.45, 2.75) is 46.6 Å². The molecule has 1 atom stereocenters. The number of hydrogen-bond donors (Lipinski definition) is 0. The summed E-state index contributed by atoms with van der Waals surface area (Å²) in [5, 5.41) is 0. The van der Waals surface area contributed by atoms with E-state index in [1.165, 1.54) is 0 Å². The van der Waals surface area contributed by atoms with Crippen LogP contribution < -0.4 is 0 Å². The van der Waals surface area contributed by atoms with Crippen LogP contribution in [0.4, 0.5) is 0 Å². The maximum atomic E-state index is 12.1. The number of ether oxygens (including phenoxy) is 2. The second kappa shape index (κ2) is 5.10. The minimum absolute atomic E-state index is 0.183. The second-order valence-corrected chi connectivity index (χ2v) is 5.34. The van der Waals surface area contributed by atoms with Crippen molar-refractivity contribution in [3.63, 3.8) is 0 Å². The average molecular weight is 238 g/mol. The maximum absolute atomic E-state index is 12.1. The molecule has 0 amide bonds. The fraction of sp³-hybridized carbons (Fsp3) is 0.786. The van der Waals surface area contributed by atoms with E-state index in [1.54, 1.807) is 6.92 Å². The first-order valence-corrected chi connectivity index (χ1v) is 6.11. The van der Waals surface area contributed by atoms with Crippen LogP contribution in [0.5, 0.6) is 0 Å². The summed E-state index contributed by atoms with van der Waals surface area (Å²) in [6, 6.07) is 0. The molecule has 0 aromatic rings. The monoisotopic (exact) mass is 238 g/mol. The van der Waals surface area contributed by atoms with Gasteiger partial charge in [0.1, 0.15) is 0 Å². The lowest BCUT2D eigenvalue weighted by atomic mass is 9.86. The third-order valence-corrected chi connectivity index (χ3v) is 3.53. The highest BCUT2D eigenvalue weighted by Gasteiger charge is 2.43. The molecule has 1 aliphatic heterocycles. The van der Waals surface area contributed by atoms with Crippen LogP contribution in [0.2, 0.25) is 0 Å². The van der Waals surface area contributed by atoms with Crippen LogP contribution in [0.25, 0.3) is 0 Å². The van der Waals surface area contributed by atoms with Crippen LogP contribution in [0.3, 0.4) is 0 Å². The van der Waals surface area contributed by atoms with E-state index >= 15 is 0 Å². The van der Waals surface area contributed by atoms with Gasteiger partial charge in [-0.3, -0.25) is 4.79 Å². The largest absolute Gasteiger partial charge is 0.445 e. The molecule has 1 saturated heterocycles. The van der Waals surface area contributed by atoms with Crippen molar-refractivity contribution in [3.05, 3.63) is 0 Å². The van der Waals surface area contributed by atoms with Crippen molar-refractivity contribution in [3.8, 4) is 11.8 Å². The zero-order valence-electron chi connectivity index (χ0n) is 11.4. The molecule has 0 bridgehead atoms. The number of hydrogen-bond acceptors (Lipinski definition) is 3. The SMILES string of the molecule is CC#CC(C)(OC(=O)C(C)(C)CC)C1COC1. The number of esters is 1. The average Bonchev–Trinajstić information content (AvgIpc) is 2.14. The van der Waals surface area contributed by atoms with Gasteiger partial charge in [-0.2, -0.15) is 0 Å². The van der Waals surface area contributed by atoms with Crippen LogP contribution in [0, 0.1) is 23.2 Å². The molecular formula is C14H22O3. The highest BCUT2D eigenvalue weighted by molar-refractivity contribution is 5.76. The molecule has 17 heavy (non-hydrogen) atoms. The summed E-state index contributed by atoms with van der Waals surface area (Å²) in [4.78, 5) is 12.1. The molecule has 1 fully saturated rings. The molecule has 3 nitrogen and oxygen atoms in total. The van der Waals surface area contributed by atoms with Crippen LogP contribution in [-0.4, -0.2) is 24.8 Å². The van der Waals surface area contributed by atoms with Gasteiger partial charge in [-0.05, 0) is 34.1 Å². The van der Waals surface area contributed by atoms with Gasteiger partial charge < -0.3 is 9.47 Å². The molecule has 0 aromatic heterocycles. The van der Waals surface area contributed by atoms with Crippen LogP contribution in [0.1, 0.15) is 41.0 Å². The fourth-order valence-electron chi connectivity index (χ4n) is 1.49. The van der Waals surface area contributed by atoms with Gasteiger partial charge in [0.05, 0.1) is 24.5 Å². The molecular weight excluding hydrogens is 216 g/mol. The topological polar surface area (TPSA) is 35.5 Å². The van der Waals surface area contributed by atoms with Crippen LogP contribution in [-0.2, 0) is 14.3 Å². The molecule has 0 aromatic carbocycles. The van der Waals surface area contributed by atoms with E-state index in [2.05, 4.69) is 11.8 Å². The van der Waals surface area contributed by atoms with E-state index in [-0.39, 0.29) is 11.9 Å². The van der Waals surface area contributed by atoms with Crippen molar-refractivity contribution >= 4 is 5.97 Å². The molecule has 3 heteroatoms. The van der Waals surface area contributed by atoms with Gasteiger partial charge in [0.15, 0.2) is 5.60 Å². The van der Waals surface area contributed by atoms with Crippen molar-refractivity contribution in [1.29, 1.82) is 0 Å². The van der Waals surface area contributed by atoms with Crippen molar-refractivity contribution in [1.82, 2.24) is 0 Å². The lowest BCUT2D eigenvalue weighted by Crippen LogP contribution is -2.50. The Morgan fingerprint density at radius 1 is 1.41 bits per heavy atom. The lowest BCUT2D eigenvalue weighted by Gasteiger charge is -2.39. The summed E-state index contributed by atoms with van der Waals surface area (Å²) < 4.78 is 10.8. The third-order valence-electron chi connectivity index (χ3n) is 3.53. The van der Waals surface area contributed by atoms with Crippen molar-refractivity contribution in [2.24, 2.45) is 11.3 Å². The molecule has 0 radical (unpaired) electrons. The molecule has 96 valence electrons. The van der Waals surface area contributed by atoms with Crippen LogP contribution in [0.15, 0.2) is 0 Å². The zero-order valence-corrected chi connectivity index (χ0v) is 11.4. The molecule has 1 unspecified atom stereocenters. The zero-order chi connectivity index (χ0) is 13.1. The predicted octanol–water partition coefficient (Wildman–Crippen LogP) is 2.39. The second-order valence-electron chi connectivity index (χ2n) is 5.34. The Bertz CT molecular complexity index is 344. The minimum Gasteiger partial charge on any atom is -0.445 e. The Morgan fingerprint density at radius 2 is 2.00 bits per heavy atom. The number of carbonyl (C=O) groups is 1. The Balaban J connectivity index is 2.79. The summed E-state index contributed by atoms with van der Waals surface area (Å²) in [5.74, 6) is 5.87. The van der Waals surface area contributed by atoms with Crippen LogP contribution >= 0.6 is 0 Å². The summed E-state index contributed by atoms with van der Waals surface area (Å²) in [5.41, 5.74) is -1.17. The van der Waals surface area contributed by atoms with Gasteiger partial charge in [0.25, 0.3) is 0 Å². The van der Waals surface area contributed by atoms with Gasteiger partial charge in [-0.25, -0.2) is 0 Å². The van der Waals surface area contributed by atoms with E-state index in [1.807, 2.05) is 27.7 Å². The van der Waals surface area contributed by atoms with Gasteiger partial charge in [-0.1, -0.05) is 12.8 Å². The Kier molecular flexibility index (Phi) is 4.21. The normalized spacial score (nSPS) is 19.6. The standard InChI is InChI=1S/C14H22O3/c1-6-8-14(5,11-9-16-10-11)17-12(15)13(3,4)7-2/h11H,7,9-10H2,1-5H3. The molecule has 0 aliphatic carbocycles. The summed E-state index contributed by atoms with van der Waals surface area (Å²) in [6.07, 6.45) is 0.753. The highest BCUT2D eigenvalue weighted by Crippen LogP contribution is 2.32. The first kappa shape index (κ1) is 14.1.